The van der Waals surface area contributed by atoms with Crippen LogP contribution in [-0.2, 0) is 9.53 Å². The molecule has 4 nitrogen and oxygen atoms in total. The second-order valence-corrected chi connectivity index (χ2v) is 5.61. The first-order valence-corrected chi connectivity index (χ1v) is 6.44. The molecule has 4 heteroatoms. The topological polar surface area (TPSA) is 32.8 Å². The van der Waals surface area contributed by atoms with Gasteiger partial charge in [0.2, 0.25) is 0 Å². The summed E-state index contributed by atoms with van der Waals surface area (Å²) in [6.07, 6.45) is 2.07. The predicted octanol–water partition coefficient (Wildman–Crippen LogP) is 1.21. The quantitative estimate of drug-likeness (QED) is 0.656. The van der Waals surface area contributed by atoms with Gasteiger partial charge in [-0.3, -0.25) is 9.69 Å². The lowest BCUT2D eigenvalue weighted by atomic mass is 9.94. The van der Waals surface area contributed by atoms with Crippen molar-refractivity contribution in [3.63, 3.8) is 0 Å². The third kappa shape index (κ3) is 3.96. The molecule has 0 amide bonds. The van der Waals surface area contributed by atoms with Crippen LogP contribution in [0.25, 0.3) is 0 Å². The van der Waals surface area contributed by atoms with E-state index in [1.54, 1.807) is 0 Å². The van der Waals surface area contributed by atoms with Crippen molar-refractivity contribution in [3.05, 3.63) is 0 Å². The molecular formula is C13H26N2O2. The van der Waals surface area contributed by atoms with Crippen LogP contribution < -0.4 is 0 Å². The number of esters is 1. The van der Waals surface area contributed by atoms with Crippen molar-refractivity contribution in [1.82, 2.24) is 9.80 Å². The van der Waals surface area contributed by atoms with Gasteiger partial charge in [-0.1, -0.05) is 13.8 Å². The van der Waals surface area contributed by atoms with Crippen LogP contribution in [0.3, 0.4) is 0 Å². The first-order valence-electron chi connectivity index (χ1n) is 6.44. The molecule has 1 saturated heterocycles. The summed E-state index contributed by atoms with van der Waals surface area (Å²) >= 11 is 0. The first-order chi connectivity index (χ1) is 7.95. The van der Waals surface area contributed by atoms with E-state index in [0.29, 0.717) is 12.0 Å². The van der Waals surface area contributed by atoms with Crippen LogP contribution in [0.5, 0.6) is 0 Å². The lowest BCUT2D eigenvalue weighted by Crippen LogP contribution is -2.59. The molecule has 0 radical (unpaired) electrons. The summed E-state index contributed by atoms with van der Waals surface area (Å²) in [5, 5.41) is 0. The molecule has 0 aromatic rings. The largest absolute Gasteiger partial charge is 0.468 e. The molecule has 2 unspecified atom stereocenters. The molecule has 1 heterocycles. The van der Waals surface area contributed by atoms with E-state index in [1.165, 1.54) is 7.11 Å². The van der Waals surface area contributed by atoms with Gasteiger partial charge in [0.1, 0.15) is 6.04 Å². The maximum Gasteiger partial charge on any atom is 0.323 e. The third-order valence-electron chi connectivity index (χ3n) is 3.32. The highest BCUT2D eigenvalue weighted by atomic mass is 16.5. The van der Waals surface area contributed by atoms with E-state index in [9.17, 15) is 4.79 Å². The van der Waals surface area contributed by atoms with E-state index in [0.717, 1.165) is 25.9 Å². The van der Waals surface area contributed by atoms with Crippen LogP contribution in [0, 0.1) is 5.92 Å². The summed E-state index contributed by atoms with van der Waals surface area (Å²) in [6.45, 7) is 6.49. The molecule has 0 aromatic heterocycles. The molecule has 1 aliphatic rings. The fourth-order valence-electron chi connectivity index (χ4n) is 2.51. The fraction of sp³-hybridized carbons (Fsp3) is 0.923. The minimum absolute atomic E-state index is 0.0105. The zero-order chi connectivity index (χ0) is 13.0. The van der Waals surface area contributed by atoms with E-state index in [4.69, 9.17) is 4.74 Å². The van der Waals surface area contributed by atoms with Crippen molar-refractivity contribution >= 4 is 5.97 Å². The number of methoxy groups -OCH3 is 1. The normalized spacial score (nSPS) is 22.6. The standard InChI is InChI=1S/C13H26N2O2/c1-10(2)8-11(9-14(3)4)15-7-6-12(15)13(16)17-5/h10-12H,6-9H2,1-5H3. The van der Waals surface area contributed by atoms with Gasteiger partial charge in [0.05, 0.1) is 7.11 Å². The summed E-state index contributed by atoms with van der Waals surface area (Å²) in [6, 6.07) is 0.451. The van der Waals surface area contributed by atoms with Gasteiger partial charge in [-0.15, -0.1) is 0 Å². The monoisotopic (exact) mass is 242 g/mol. The van der Waals surface area contributed by atoms with Crippen LogP contribution in [0.15, 0.2) is 0 Å². The van der Waals surface area contributed by atoms with Gasteiger partial charge in [-0.05, 0) is 32.9 Å². The minimum atomic E-state index is -0.0798. The predicted molar refractivity (Wildman–Crippen MR) is 68.9 cm³/mol. The zero-order valence-electron chi connectivity index (χ0n) is 11.8. The number of ether oxygens (including phenoxy) is 1. The summed E-state index contributed by atoms with van der Waals surface area (Å²) in [7, 11) is 5.64. The molecule has 2 atom stereocenters. The molecule has 0 N–H and O–H groups in total. The van der Waals surface area contributed by atoms with E-state index < -0.39 is 0 Å². The van der Waals surface area contributed by atoms with Gasteiger partial charge in [-0.25, -0.2) is 0 Å². The molecule has 0 aromatic carbocycles. The second-order valence-electron chi connectivity index (χ2n) is 5.61. The first kappa shape index (κ1) is 14.5. The van der Waals surface area contributed by atoms with Crippen molar-refractivity contribution < 1.29 is 9.53 Å². The molecule has 1 rings (SSSR count). The van der Waals surface area contributed by atoms with Gasteiger partial charge >= 0.3 is 5.97 Å². The van der Waals surface area contributed by atoms with Crippen LogP contribution in [-0.4, -0.2) is 62.1 Å². The van der Waals surface area contributed by atoms with Gasteiger partial charge < -0.3 is 9.64 Å². The maximum atomic E-state index is 11.6. The molecule has 0 bridgehead atoms. The summed E-state index contributed by atoms with van der Waals surface area (Å²) in [4.78, 5) is 16.1. The van der Waals surface area contributed by atoms with E-state index in [-0.39, 0.29) is 12.0 Å². The molecule has 100 valence electrons. The number of carbonyl (C=O) groups is 1. The van der Waals surface area contributed by atoms with Crippen LogP contribution in [0.2, 0.25) is 0 Å². The Labute approximate surface area is 105 Å². The number of likely N-dealkylation sites (tertiary alicyclic amines) is 1. The summed E-state index contributed by atoms with van der Waals surface area (Å²) in [5.74, 6) is 0.572. The Kier molecular flexibility index (Phi) is 5.40. The van der Waals surface area contributed by atoms with Crippen molar-refractivity contribution in [2.45, 2.75) is 38.8 Å². The van der Waals surface area contributed by atoms with Crippen LogP contribution >= 0.6 is 0 Å². The molecule has 0 spiro atoms. The molecule has 17 heavy (non-hydrogen) atoms. The molecule has 0 aliphatic carbocycles. The number of likely N-dealkylation sites (N-methyl/N-ethyl adjacent to an activating group) is 1. The lowest BCUT2D eigenvalue weighted by molar-refractivity contribution is -0.154. The Hall–Kier alpha value is -0.610. The molecule has 0 saturated carbocycles. The minimum Gasteiger partial charge on any atom is -0.468 e. The molecular weight excluding hydrogens is 216 g/mol. The number of hydrogen-bond donors (Lipinski definition) is 0. The van der Waals surface area contributed by atoms with Gasteiger partial charge in [0.25, 0.3) is 0 Å². The average Bonchev–Trinajstić information content (AvgIpc) is 2.13. The van der Waals surface area contributed by atoms with E-state index >= 15 is 0 Å². The summed E-state index contributed by atoms with van der Waals surface area (Å²) in [5.41, 5.74) is 0. The Morgan fingerprint density at radius 1 is 1.47 bits per heavy atom. The third-order valence-corrected chi connectivity index (χ3v) is 3.32. The smallest absolute Gasteiger partial charge is 0.323 e. The fourth-order valence-corrected chi connectivity index (χ4v) is 2.51. The zero-order valence-corrected chi connectivity index (χ0v) is 11.8. The Bertz CT molecular complexity index is 244. The number of carbonyl (C=O) groups excluding carboxylic acids is 1. The van der Waals surface area contributed by atoms with Crippen molar-refractivity contribution in [2.75, 3.05) is 34.3 Å². The molecule has 1 aliphatic heterocycles. The van der Waals surface area contributed by atoms with E-state index in [2.05, 4.69) is 37.7 Å². The van der Waals surface area contributed by atoms with Crippen molar-refractivity contribution in [3.8, 4) is 0 Å². The number of nitrogens with zero attached hydrogens (tertiary/aromatic N) is 2. The average molecular weight is 242 g/mol. The number of rotatable bonds is 6. The summed E-state index contributed by atoms with van der Waals surface area (Å²) < 4.78 is 4.85. The van der Waals surface area contributed by atoms with Gasteiger partial charge in [0.15, 0.2) is 0 Å². The van der Waals surface area contributed by atoms with E-state index in [1.807, 2.05) is 0 Å². The van der Waals surface area contributed by atoms with Crippen LogP contribution in [0.1, 0.15) is 26.7 Å². The number of hydrogen-bond acceptors (Lipinski definition) is 4. The Balaban J connectivity index is 2.60. The van der Waals surface area contributed by atoms with Crippen molar-refractivity contribution in [1.29, 1.82) is 0 Å². The highest BCUT2D eigenvalue weighted by Gasteiger charge is 2.39. The van der Waals surface area contributed by atoms with Gasteiger partial charge in [0, 0.05) is 19.1 Å². The lowest BCUT2D eigenvalue weighted by Gasteiger charge is -2.45. The Morgan fingerprint density at radius 2 is 2.12 bits per heavy atom. The van der Waals surface area contributed by atoms with Crippen molar-refractivity contribution in [2.24, 2.45) is 5.92 Å². The highest BCUT2D eigenvalue weighted by molar-refractivity contribution is 5.76. The second kappa shape index (κ2) is 6.36. The van der Waals surface area contributed by atoms with Gasteiger partial charge in [-0.2, -0.15) is 0 Å². The molecule has 1 fully saturated rings. The SMILES string of the molecule is COC(=O)C1CCN1C(CC(C)C)CN(C)C. The maximum absolute atomic E-state index is 11.6. The highest BCUT2D eigenvalue weighted by Crippen LogP contribution is 2.25. The Morgan fingerprint density at radius 3 is 2.47 bits per heavy atom. The van der Waals surface area contributed by atoms with Crippen LogP contribution in [0.4, 0.5) is 0 Å².